The van der Waals surface area contributed by atoms with E-state index in [-0.39, 0.29) is 43.4 Å². The highest BCUT2D eigenvalue weighted by Crippen LogP contribution is 2.34. The number of carbonyl (C=O) groups is 3. The molecule has 8 heteroatoms. The number of hydrogen-bond donors (Lipinski definition) is 2. The van der Waals surface area contributed by atoms with Crippen molar-refractivity contribution in [3.8, 4) is 11.5 Å². The SMILES string of the molecule is O=C(NCCC(=O)N1CCC(C(=O)Nc2ccc3c(c2)OCO3)CC1)c1ccc2ccccc2c1. The molecular formula is C27H27N3O5. The van der Waals surface area contributed by atoms with Crippen molar-refractivity contribution in [3.63, 3.8) is 0 Å². The van der Waals surface area contributed by atoms with Crippen LogP contribution in [0.15, 0.2) is 60.7 Å². The largest absolute Gasteiger partial charge is 0.454 e. The third-order valence-corrected chi connectivity index (χ3v) is 6.49. The predicted molar refractivity (Wildman–Crippen MR) is 131 cm³/mol. The molecule has 0 saturated carbocycles. The summed E-state index contributed by atoms with van der Waals surface area (Å²) in [5.74, 6) is 0.871. The molecule has 2 aliphatic heterocycles. The Bertz CT molecular complexity index is 1270. The van der Waals surface area contributed by atoms with Gasteiger partial charge in [-0.05, 0) is 47.9 Å². The van der Waals surface area contributed by atoms with E-state index in [2.05, 4.69) is 10.6 Å². The van der Waals surface area contributed by atoms with Crippen LogP contribution in [-0.4, -0.2) is 49.0 Å². The van der Waals surface area contributed by atoms with Crippen molar-refractivity contribution in [3.05, 3.63) is 66.2 Å². The predicted octanol–water partition coefficient (Wildman–Crippen LogP) is 3.57. The average Bonchev–Trinajstić information content (AvgIpc) is 3.36. The third-order valence-electron chi connectivity index (χ3n) is 6.49. The summed E-state index contributed by atoms with van der Waals surface area (Å²) in [5, 5.41) is 7.85. The molecule has 0 aliphatic carbocycles. The van der Waals surface area contributed by atoms with Gasteiger partial charge in [0.1, 0.15) is 0 Å². The van der Waals surface area contributed by atoms with Gasteiger partial charge in [0, 0.05) is 49.3 Å². The number of benzene rings is 3. The lowest BCUT2D eigenvalue weighted by Crippen LogP contribution is -2.42. The van der Waals surface area contributed by atoms with Gasteiger partial charge in [-0.3, -0.25) is 14.4 Å². The fourth-order valence-electron chi connectivity index (χ4n) is 4.48. The second kappa shape index (κ2) is 10.0. The molecule has 3 aromatic rings. The number of likely N-dealkylation sites (tertiary alicyclic amines) is 1. The second-order valence-electron chi connectivity index (χ2n) is 8.78. The van der Waals surface area contributed by atoms with Crippen LogP contribution in [0.3, 0.4) is 0 Å². The van der Waals surface area contributed by atoms with Crippen LogP contribution in [0.5, 0.6) is 11.5 Å². The molecule has 3 amide bonds. The number of nitrogens with one attached hydrogen (secondary N) is 2. The maximum absolute atomic E-state index is 12.7. The van der Waals surface area contributed by atoms with Gasteiger partial charge < -0.3 is 25.0 Å². The molecular weight excluding hydrogens is 446 g/mol. The van der Waals surface area contributed by atoms with Gasteiger partial charge in [0.2, 0.25) is 18.6 Å². The van der Waals surface area contributed by atoms with Crippen molar-refractivity contribution in [2.45, 2.75) is 19.3 Å². The summed E-state index contributed by atoms with van der Waals surface area (Å²) in [6.45, 7) is 1.51. The summed E-state index contributed by atoms with van der Waals surface area (Å²) >= 11 is 0. The van der Waals surface area contributed by atoms with Crippen LogP contribution in [0.2, 0.25) is 0 Å². The minimum Gasteiger partial charge on any atom is -0.454 e. The van der Waals surface area contributed by atoms with Gasteiger partial charge in [-0.1, -0.05) is 30.3 Å². The summed E-state index contributed by atoms with van der Waals surface area (Å²) in [4.78, 5) is 39.5. The number of amides is 3. The van der Waals surface area contributed by atoms with Crippen LogP contribution < -0.4 is 20.1 Å². The molecule has 2 heterocycles. The number of hydrogen-bond acceptors (Lipinski definition) is 5. The first kappa shape index (κ1) is 22.7. The van der Waals surface area contributed by atoms with E-state index in [4.69, 9.17) is 9.47 Å². The first-order chi connectivity index (χ1) is 17.1. The van der Waals surface area contributed by atoms with E-state index < -0.39 is 0 Å². The molecule has 1 saturated heterocycles. The van der Waals surface area contributed by atoms with E-state index in [9.17, 15) is 14.4 Å². The number of ether oxygens (including phenoxy) is 2. The number of fused-ring (bicyclic) bond motifs is 2. The quantitative estimate of drug-likeness (QED) is 0.571. The molecule has 5 rings (SSSR count). The van der Waals surface area contributed by atoms with Crippen molar-refractivity contribution in [2.75, 3.05) is 31.7 Å². The Balaban J connectivity index is 1.05. The lowest BCUT2D eigenvalue weighted by molar-refractivity contribution is -0.134. The summed E-state index contributed by atoms with van der Waals surface area (Å²) in [5.41, 5.74) is 1.24. The molecule has 2 N–H and O–H groups in total. The Morgan fingerprint density at radius 2 is 1.66 bits per heavy atom. The smallest absolute Gasteiger partial charge is 0.251 e. The number of nitrogens with zero attached hydrogens (tertiary/aromatic N) is 1. The highest BCUT2D eigenvalue weighted by Gasteiger charge is 2.27. The topological polar surface area (TPSA) is 97.0 Å². The standard InChI is InChI=1S/C27H27N3O5/c31-25(9-12-28-26(32)21-6-5-18-3-1-2-4-20(18)15-21)30-13-10-19(11-14-30)27(33)29-22-7-8-23-24(16-22)35-17-34-23/h1-8,15-16,19H,9-14,17H2,(H,28,32)(H,29,33). The second-order valence-corrected chi connectivity index (χ2v) is 8.78. The Morgan fingerprint density at radius 1 is 0.886 bits per heavy atom. The molecule has 3 aromatic carbocycles. The lowest BCUT2D eigenvalue weighted by Gasteiger charge is -2.31. The molecule has 2 aliphatic rings. The van der Waals surface area contributed by atoms with E-state index in [1.807, 2.05) is 36.4 Å². The molecule has 0 atom stereocenters. The summed E-state index contributed by atoms with van der Waals surface area (Å²) in [7, 11) is 0. The Morgan fingerprint density at radius 3 is 2.49 bits per heavy atom. The third kappa shape index (κ3) is 5.21. The van der Waals surface area contributed by atoms with Crippen LogP contribution in [0.25, 0.3) is 10.8 Å². The van der Waals surface area contributed by atoms with Gasteiger partial charge in [0.15, 0.2) is 11.5 Å². The number of rotatable bonds is 6. The monoisotopic (exact) mass is 473 g/mol. The zero-order chi connectivity index (χ0) is 24.2. The van der Waals surface area contributed by atoms with Gasteiger partial charge >= 0.3 is 0 Å². The molecule has 8 nitrogen and oxygen atoms in total. The van der Waals surface area contributed by atoms with E-state index in [0.717, 1.165) is 10.8 Å². The van der Waals surface area contributed by atoms with E-state index in [0.29, 0.717) is 48.7 Å². The van der Waals surface area contributed by atoms with Crippen LogP contribution in [0.4, 0.5) is 5.69 Å². The summed E-state index contributed by atoms with van der Waals surface area (Å²) in [6.07, 6.45) is 1.44. The zero-order valence-corrected chi connectivity index (χ0v) is 19.3. The number of carbonyl (C=O) groups excluding carboxylic acids is 3. The fourth-order valence-corrected chi connectivity index (χ4v) is 4.48. The minimum atomic E-state index is -0.192. The van der Waals surface area contributed by atoms with E-state index >= 15 is 0 Å². The number of piperidine rings is 1. The molecule has 0 aromatic heterocycles. The Labute approximate surface area is 203 Å². The van der Waals surface area contributed by atoms with Gasteiger partial charge in [0.25, 0.3) is 5.91 Å². The summed E-state index contributed by atoms with van der Waals surface area (Å²) < 4.78 is 10.6. The van der Waals surface area contributed by atoms with Crippen LogP contribution in [-0.2, 0) is 9.59 Å². The first-order valence-electron chi connectivity index (χ1n) is 11.8. The molecule has 0 unspecified atom stereocenters. The van der Waals surface area contributed by atoms with Crippen LogP contribution >= 0.6 is 0 Å². The molecule has 0 bridgehead atoms. The van der Waals surface area contributed by atoms with Crippen molar-refractivity contribution >= 4 is 34.2 Å². The lowest BCUT2D eigenvalue weighted by atomic mass is 9.95. The maximum atomic E-state index is 12.7. The zero-order valence-electron chi connectivity index (χ0n) is 19.3. The molecule has 35 heavy (non-hydrogen) atoms. The minimum absolute atomic E-state index is 0.0153. The first-order valence-corrected chi connectivity index (χ1v) is 11.8. The van der Waals surface area contributed by atoms with Gasteiger partial charge in [0.05, 0.1) is 0 Å². The summed E-state index contributed by atoms with van der Waals surface area (Å²) in [6, 6.07) is 18.7. The van der Waals surface area contributed by atoms with E-state index in [1.54, 1.807) is 29.2 Å². The van der Waals surface area contributed by atoms with Gasteiger partial charge in [-0.25, -0.2) is 0 Å². The Kier molecular flexibility index (Phi) is 6.52. The molecule has 180 valence electrons. The van der Waals surface area contributed by atoms with Gasteiger partial charge in [-0.15, -0.1) is 0 Å². The highest BCUT2D eigenvalue weighted by atomic mass is 16.7. The van der Waals surface area contributed by atoms with Crippen molar-refractivity contribution in [1.29, 1.82) is 0 Å². The molecule has 0 spiro atoms. The van der Waals surface area contributed by atoms with Crippen molar-refractivity contribution in [2.24, 2.45) is 5.92 Å². The highest BCUT2D eigenvalue weighted by molar-refractivity contribution is 5.98. The number of anilines is 1. The van der Waals surface area contributed by atoms with Crippen LogP contribution in [0.1, 0.15) is 29.6 Å². The van der Waals surface area contributed by atoms with Crippen molar-refractivity contribution < 1.29 is 23.9 Å². The average molecular weight is 474 g/mol. The van der Waals surface area contributed by atoms with Gasteiger partial charge in [-0.2, -0.15) is 0 Å². The fraction of sp³-hybridized carbons (Fsp3) is 0.296. The molecule has 1 fully saturated rings. The molecule has 0 radical (unpaired) electrons. The normalized spacial score (nSPS) is 15.1. The van der Waals surface area contributed by atoms with Crippen molar-refractivity contribution in [1.82, 2.24) is 10.2 Å². The Hall–Kier alpha value is -4.07. The van der Waals surface area contributed by atoms with E-state index in [1.165, 1.54) is 0 Å². The maximum Gasteiger partial charge on any atom is 0.251 e. The van der Waals surface area contributed by atoms with Crippen LogP contribution in [0, 0.1) is 5.92 Å².